The number of furan rings is 1. The van der Waals surface area contributed by atoms with Crippen LogP contribution in [-0.4, -0.2) is 31.0 Å². The molecule has 0 spiro atoms. The van der Waals surface area contributed by atoms with Crippen LogP contribution in [0, 0.1) is 5.92 Å². The number of nitrogens with zero attached hydrogens (tertiary/aromatic N) is 1. The number of ether oxygens (including phenoxy) is 1. The summed E-state index contributed by atoms with van der Waals surface area (Å²) in [6.07, 6.45) is 4.19. The highest BCUT2D eigenvalue weighted by Crippen LogP contribution is 2.34. The first-order valence-electron chi connectivity index (χ1n) is 7.14. The monoisotopic (exact) mass is 306 g/mol. The Hall–Kier alpha value is -1.66. The third kappa shape index (κ3) is 3.01. The second-order valence-corrected chi connectivity index (χ2v) is 6.03. The van der Waals surface area contributed by atoms with E-state index in [1.165, 1.54) is 11.3 Å². The molecule has 0 aromatic carbocycles. The predicted molar refractivity (Wildman–Crippen MR) is 81.9 cm³/mol. The number of carbonyl (C=O) groups excluding carboxylic acids is 1. The van der Waals surface area contributed by atoms with Gasteiger partial charge in [0.15, 0.2) is 16.7 Å². The molecule has 3 rings (SSSR count). The van der Waals surface area contributed by atoms with Crippen molar-refractivity contribution in [3.05, 3.63) is 23.3 Å². The van der Waals surface area contributed by atoms with Gasteiger partial charge in [-0.05, 0) is 31.4 Å². The van der Waals surface area contributed by atoms with Crippen LogP contribution < -0.4 is 5.32 Å². The van der Waals surface area contributed by atoms with Crippen molar-refractivity contribution in [3.63, 3.8) is 0 Å². The van der Waals surface area contributed by atoms with E-state index in [0.717, 1.165) is 31.0 Å². The number of ketones is 1. The van der Waals surface area contributed by atoms with Gasteiger partial charge in [-0.15, -0.1) is 0 Å². The summed E-state index contributed by atoms with van der Waals surface area (Å²) in [5.74, 6) is 0.818. The fraction of sp³-hybridized carbons (Fsp3) is 0.467. The third-order valence-corrected chi connectivity index (χ3v) is 4.73. The number of hydrogen-bond acceptors (Lipinski definition) is 6. The van der Waals surface area contributed by atoms with Crippen molar-refractivity contribution in [1.29, 1.82) is 0 Å². The zero-order chi connectivity index (χ0) is 14.7. The Balaban J connectivity index is 1.93. The minimum atomic E-state index is 0.0198. The van der Waals surface area contributed by atoms with Gasteiger partial charge in [0.05, 0.1) is 6.26 Å². The van der Waals surface area contributed by atoms with Crippen LogP contribution in [-0.2, 0) is 4.74 Å². The second kappa shape index (κ2) is 6.41. The summed E-state index contributed by atoms with van der Waals surface area (Å²) < 4.78 is 10.9. The molecule has 1 atom stereocenters. The lowest BCUT2D eigenvalue weighted by Gasteiger charge is -2.10. The van der Waals surface area contributed by atoms with Crippen LogP contribution in [0.15, 0.2) is 22.8 Å². The minimum Gasteiger partial charge on any atom is -0.463 e. The van der Waals surface area contributed by atoms with Gasteiger partial charge in [-0.2, -0.15) is 0 Å². The van der Waals surface area contributed by atoms with E-state index in [2.05, 4.69) is 10.3 Å². The molecule has 3 heterocycles. The van der Waals surface area contributed by atoms with Crippen molar-refractivity contribution < 1.29 is 13.9 Å². The third-order valence-electron chi connectivity index (χ3n) is 3.64. The van der Waals surface area contributed by atoms with Crippen molar-refractivity contribution >= 4 is 22.3 Å². The Morgan fingerprint density at radius 3 is 3.10 bits per heavy atom. The summed E-state index contributed by atoms with van der Waals surface area (Å²) in [5, 5.41) is 3.74. The lowest BCUT2D eigenvalue weighted by molar-refractivity contribution is 0.0898. The molecule has 0 aliphatic carbocycles. The summed E-state index contributed by atoms with van der Waals surface area (Å²) in [5.41, 5.74) is 0.643. The molecule has 1 fully saturated rings. The quantitative estimate of drug-likeness (QED) is 0.877. The highest BCUT2D eigenvalue weighted by atomic mass is 32.1. The number of anilines is 1. The first kappa shape index (κ1) is 14.3. The number of thiazole rings is 1. The van der Waals surface area contributed by atoms with Gasteiger partial charge in [0, 0.05) is 26.2 Å². The molecule has 112 valence electrons. The van der Waals surface area contributed by atoms with Crippen molar-refractivity contribution in [1.82, 2.24) is 4.98 Å². The Kier molecular flexibility index (Phi) is 4.36. The molecule has 21 heavy (non-hydrogen) atoms. The molecular formula is C15H18N2O3S. The van der Waals surface area contributed by atoms with Crippen LogP contribution >= 0.6 is 11.3 Å². The zero-order valence-electron chi connectivity index (χ0n) is 11.9. The molecule has 0 radical (unpaired) electrons. The molecule has 1 aliphatic rings. The summed E-state index contributed by atoms with van der Waals surface area (Å²) in [4.78, 5) is 18.0. The molecule has 1 saturated heterocycles. The van der Waals surface area contributed by atoms with Crippen molar-refractivity contribution in [3.8, 4) is 11.5 Å². The van der Waals surface area contributed by atoms with Gasteiger partial charge >= 0.3 is 0 Å². The van der Waals surface area contributed by atoms with Crippen LogP contribution in [0.5, 0.6) is 0 Å². The Bertz CT molecular complexity index is 598. The Morgan fingerprint density at radius 1 is 1.43 bits per heavy atom. The molecule has 2 aromatic rings. The van der Waals surface area contributed by atoms with Gasteiger partial charge in [0.25, 0.3) is 0 Å². The van der Waals surface area contributed by atoms with Gasteiger partial charge in [-0.25, -0.2) is 4.98 Å². The van der Waals surface area contributed by atoms with Crippen LogP contribution in [0.2, 0.25) is 0 Å². The van der Waals surface area contributed by atoms with Crippen molar-refractivity contribution in [2.24, 2.45) is 5.92 Å². The molecule has 0 amide bonds. The van der Waals surface area contributed by atoms with Crippen LogP contribution in [0.1, 0.15) is 28.9 Å². The second-order valence-electron chi connectivity index (χ2n) is 5.03. The van der Waals surface area contributed by atoms with Crippen molar-refractivity contribution in [2.75, 3.05) is 25.6 Å². The van der Waals surface area contributed by atoms with Gasteiger partial charge in [0.1, 0.15) is 10.6 Å². The average Bonchev–Trinajstić information content (AvgIpc) is 3.09. The van der Waals surface area contributed by atoms with E-state index in [1.54, 1.807) is 13.3 Å². The van der Waals surface area contributed by atoms with E-state index in [4.69, 9.17) is 9.15 Å². The maximum Gasteiger partial charge on any atom is 0.183 e. The smallest absolute Gasteiger partial charge is 0.183 e. The highest BCUT2D eigenvalue weighted by molar-refractivity contribution is 7.18. The number of carbonyl (C=O) groups is 1. The first-order chi connectivity index (χ1) is 10.3. The number of Topliss-reactive ketones (excluding diaryl/α,β-unsaturated/α-hetero) is 1. The zero-order valence-corrected chi connectivity index (χ0v) is 12.7. The number of aromatic nitrogens is 1. The van der Waals surface area contributed by atoms with Crippen molar-refractivity contribution in [2.45, 2.75) is 19.3 Å². The van der Waals surface area contributed by atoms with E-state index in [-0.39, 0.29) is 11.7 Å². The van der Waals surface area contributed by atoms with E-state index < -0.39 is 0 Å². The lowest BCUT2D eigenvalue weighted by atomic mass is 9.94. The molecule has 1 aliphatic heterocycles. The van der Waals surface area contributed by atoms with Crippen LogP contribution in [0.3, 0.4) is 0 Å². The first-order valence-corrected chi connectivity index (χ1v) is 7.95. The van der Waals surface area contributed by atoms with E-state index in [9.17, 15) is 4.79 Å². The van der Waals surface area contributed by atoms with E-state index in [0.29, 0.717) is 22.9 Å². The maximum atomic E-state index is 12.8. The number of nitrogens with one attached hydrogen (secondary N) is 1. The van der Waals surface area contributed by atoms with E-state index in [1.807, 2.05) is 12.1 Å². The van der Waals surface area contributed by atoms with Gasteiger partial charge in [0.2, 0.25) is 0 Å². The molecule has 0 bridgehead atoms. The molecule has 2 aromatic heterocycles. The number of rotatable bonds is 4. The predicted octanol–water partition coefficient (Wildman–Crippen LogP) is 3.44. The maximum absolute atomic E-state index is 12.8. The fourth-order valence-corrected chi connectivity index (χ4v) is 3.47. The van der Waals surface area contributed by atoms with Gasteiger partial charge in [-0.1, -0.05) is 11.3 Å². The number of hydrogen-bond donors (Lipinski definition) is 1. The standard InChI is InChI=1S/C15H18N2O3S/c1-16-15-17-12(11-5-3-8-20-11)14(21-15)13(18)10-4-2-7-19-9-6-10/h3,5,8,10H,2,4,6-7,9H2,1H3,(H,16,17). The fourth-order valence-electron chi connectivity index (χ4n) is 2.53. The summed E-state index contributed by atoms with van der Waals surface area (Å²) in [6, 6.07) is 3.64. The molecule has 1 unspecified atom stereocenters. The highest BCUT2D eigenvalue weighted by Gasteiger charge is 2.28. The minimum absolute atomic E-state index is 0.0198. The molecule has 0 saturated carbocycles. The molecule has 5 nitrogen and oxygen atoms in total. The SMILES string of the molecule is CNc1nc(-c2ccco2)c(C(=O)C2CCCOCC2)s1. The lowest BCUT2D eigenvalue weighted by Crippen LogP contribution is -2.14. The van der Waals surface area contributed by atoms with Crippen LogP contribution in [0.4, 0.5) is 5.13 Å². The van der Waals surface area contributed by atoms with Gasteiger partial charge < -0.3 is 14.5 Å². The molecule has 6 heteroatoms. The summed E-state index contributed by atoms with van der Waals surface area (Å²) in [6.45, 7) is 1.41. The molecular weight excluding hydrogens is 288 g/mol. The van der Waals surface area contributed by atoms with Crippen LogP contribution in [0.25, 0.3) is 11.5 Å². The summed E-state index contributed by atoms with van der Waals surface area (Å²) in [7, 11) is 1.80. The largest absolute Gasteiger partial charge is 0.463 e. The Morgan fingerprint density at radius 2 is 2.33 bits per heavy atom. The summed E-state index contributed by atoms with van der Waals surface area (Å²) >= 11 is 1.39. The Labute approximate surface area is 127 Å². The normalized spacial score (nSPS) is 19.2. The molecule has 1 N–H and O–H groups in total. The average molecular weight is 306 g/mol. The topological polar surface area (TPSA) is 64.4 Å². The van der Waals surface area contributed by atoms with Gasteiger partial charge in [-0.3, -0.25) is 4.79 Å². The van der Waals surface area contributed by atoms with E-state index >= 15 is 0 Å².